The molecule has 1 aliphatic rings. The van der Waals surface area contributed by atoms with E-state index in [1.807, 2.05) is 6.07 Å². The van der Waals surface area contributed by atoms with Crippen molar-refractivity contribution in [3.05, 3.63) is 27.5 Å². The van der Waals surface area contributed by atoms with E-state index in [-0.39, 0.29) is 0 Å². The van der Waals surface area contributed by atoms with Gasteiger partial charge in [0.05, 0.1) is 5.60 Å². The Hall–Kier alpha value is -0.160. The molecule has 2 N–H and O–H groups in total. The third-order valence-corrected chi connectivity index (χ3v) is 3.08. The average Bonchev–Trinajstić information content (AvgIpc) is 2.09. The summed E-state index contributed by atoms with van der Waals surface area (Å²) in [6, 6.07) is 1.89. The molecule has 1 aromatic heterocycles. The van der Waals surface area contributed by atoms with Crippen molar-refractivity contribution in [1.29, 1.82) is 0 Å². The summed E-state index contributed by atoms with van der Waals surface area (Å²) in [7, 11) is 0. The molecule has 1 saturated heterocycles. The van der Waals surface area contributed by atoms with Crippen LogP contribution >= 0.6 is 27.5 Å². The molecule has 2 rings (SSSR count). The van der Waals surface area contributed by atoms with Gasteiger partial charge in [-0.3, -0.25) is 0 Å². The molecular formula is C9H10BrClN2O. The van der Waals surface area contributed by atoms with Crippen LogP contribution in [-0.4, -0.2) is 28.8 Å². The molecule has 0 atom stereocenters. The Bertz CT molecular complexity index is 355. The second kappa shape index (κ2) is 3.77. The van der Waals surface area contributed by atoms with E-state index >= 15 is 0 Å². The Morgan fingerprint density at radius 3 is 2.93 bits per heavy atom. The zero-order valence-electron chi connectivity index (χ0n) is 7.43. The summed E-state index contributed by atoms with van der Waals surface area (Å²) in [5.41, 5.74) is 0.233. The van der Waals surface area contributed by atoms with Gasteiger partial charge in [-0.2, -0.15) is 0 Å². The third-order valence-electron chi connectivity index (χ3n) is 2.31. The highest BCUT2D eigenvalue weighted by molar-refractivity contribution is 9.10. The highest BCUT2D eigenvalue weighted by atomic mass is 79.9. The number of aromatic nitrogens is 1. The number of nitrogens with zero attached hydrogens (tertiary/aromatic N) is 1. The minimum atomic E-state index is -0.647. The maximum absolute atomic E-state index is 9.91. The summed E-state index contributed by atoms with van der Waals surface area (Å²) in [5.74, 6) is 0. The zero-order valence-corrected chi connectivity index (χ0v) is 9.77. The molecule has 14 heavy (non-hydrogen) atoms. The van der Waals surface area contributed by atoms with Crippen LogP contribution in [0, 0.1) is 0 Å². The fourth-order valence-corrected chi connectivity index (χ4v) is 2.03. The van der Waals surface area contributed by atoms with Crippen LogP contribution in [0.3, 0.4) is 0 Å². The lowest BCUT2D eigenvalue weighted by Crippen LogP contribution is -2.60. The van der Waals surface area contributed by atoms with Gasteiger partial charge in [0.15, 0.2) is 0 Å². The predicted molar refractivity (Wildman–Crippen MR) is 58.5 cm³/mol. The van der Waals surface area contributed by atoms with Crippen LogP contribution in [0.15, 0.2) is 16.7 Å². The first-order valence-electron chi connectivity index (χ1n) is 4.32. The van der Waals surface area contributed by atoms with Gasteiger partial charge in [-0.25, -0.2) is 4.98 Å². The normalized spacial score (nSPS) is 19.1. The Morgan fingerprint density at radius 2 is 2.36 bits per heavy atom. The van der Waals surface area contributed by atoms with Crippen molar-refractivity contribution in [2.75, 3.05) is 13.1 Å². The van der Waals surface area contributed by atoms with Gasteiger partial charge in [0.2, 0.25) is 0 Å². The molecule has 76 valence electrons. The van der Waals surface area contributed by atoms with Crippen LogP contribution in [-0.2, 0) is 6.42 Å². The van der Waals surface area contributed by atoms with E-state index in [2.05, 4.69) is 26.2 Å². The molecule has 0 saturated carbocycles. The lowest BCUT2D eigenvalue weighted by molar-refractivity contribution is -0.00907. The minimum Gasteiger partial charge on any atom is -0.387 e. The first kappa shape index (κ1) is 10.4. The van der Waals surface area contributed by atoms with Crippen LogP contribution in [0.4, 0.5) is 0 Å². The van der Waals surface area contributed by atoms with Crippen LogP contribution in [0.5, 0.6) is 0 Å². The lowest BCUT2D eigenvalue weighted by atomic mass is 9.90. The molecule has 5 heteroatoms. The largest absolute Gasteiger partial charge is 0.387 e. The number of β-amino-alcohol motifs (C(OH)–C–C–N with tert-alkyl or cyclic N) is 1. The summed E-state index contributed by atoms with van der Waals surface area (Å²) >= 11 is 9.25. The van der Waals surface area contributed by atoms with E-state index in [9.17, 15) is 5.11 Å². The second-order valence-electron chi connectivity index (χ2n) is 3.61. The van der Waals surface area contributed by atoms with Crippen molar-refractivity contribution >= 4 is 27.5 Å². The van der Waals surface area contributed by atoms with Crippen LogP contribution in [0.1, 0.15) is 5.56 Å². The molecule has 0 amide bonds. The molecule has 0 unspecified atom stereocenters. The van der Waals surface area contributed by atoms with Crippen molar-refractivity contribution in [2.24, 2.45) is 0 Å². The summed E-state index contributed by atoms with van der Waals surface area (Å²) in [6.07, 6.45) is 2.19. The fraction of sp³-hybridized carbons (Fsp3) is 0.444. The Kier molecular flexibility index (Phi) is 2.79. The highest BCUT2D eigenvalue weighted by Gasteiger charge is 2.34. The number of pyridine rings is 1. The number of nitrogens with one attached hydrogen (secondary N) is 1. The first-order valence-corrected chi connectivity index (χ1v) is 5.49. The molecule has 0 bridgehead atoms. The fourth-order valence-electron chi connectivity index (χ4n) is 1.48. The minimum absolute atomic E-state index is 0.466. The van der Waals surface area contributed by atoms with Gasteiger partial charge < -0.3 is 10.4 Å². The van der Waals surface area contributed by atoms with E-state index in [4.69, 9.17) is 11.6 Å². The van der Waals surface area contributed by atoms with Crippen molar-refractivity contribution in [2.45, 2.75) is 12.0 Å². The molecule has 1 aromatic rings. The molecule has 0 radical (unpaired) electrons. The summed E-state index contributed by atoms with van der Waals surface area (Å²) < 4.78 is 0.882. The van der Waals surface area contributed by atoms with E-state index in [0.717, 1.165) is 10.0 Å². The first-order chi connectivity index (χ1) is 6.59. The van der Waals surface area contributed by atoms with Crippen LogP contribution in [0.25, 0.3) is 0 Å². The monoisotopic (exact) mass is 276 g/mol. The molecule has 0 spiro atoms. The van der Waals surface area contributed by atoms with E-state index in [1.54, 1.807) is 6.20 Å². The number of halogens is 2. The maximum Gasteiger partial charge on any atom is 0.132 e. The van der Waals surface area contributed by atoms with Crippen LogP contribution in [0.2, 0.25) is 5.15 Å². The van der Waals surface area contributed by atoms with Gasteiger partial charge >= 0.3 is 0 Å². The van der Waals surface area contributed by atoms with Gasteiger partial charge in [0.1, 0.15) is 5.15 Å². The van der Waals surface area contributed by atoms with Crippen molar-refractivity contribution in [3.8, 4) is 0 Å². The van der Waals surface area contributed by atoms with Gasteiger partial charge in [-0.1, -0.05) is 11.6 Å². The Morgan fingerprint density at radius 1 is 1.64 bits per heavy atom. The standard InChI is InChI=1S/C9H10BrClN2O/c10-7-1-6(8(11)13-3-7)2-9(14)4-12-5-9/h1,3,12,14H,2,4-5H2. The zero-order chi connectivity index (χ0) is 10.2. The van der Waals surface area contributed by atoms with E-state index < -0.39 is 5.60 Å². The quantitative estimate of drug-likeness (QED) is 0.803. The van der Waals surface area contributed by atoms with E-state index in [0.29, 0.717) is 24.7 Å². The van der Waals surface area contributed by atoms with Gasteiger partial charge in [-0.15, -0.1) is 0 Å². The summed E-state index contributed by atoms with van der Waals surface area (Å²) in [5, 5.41) is 13.4. The number of hydrogen-bond donors (Lipinski definition) is 2. The number of rotatable bonds is 2. The summed E-state index contributed by atoms with van der Waals surface area (Å²) in [4.78, 5) is 4.01. The molecule has 0 aromatic carbocycles. The van der Waals surface area contributed by atoms with Gasteiger partial charge in [0, 0.05) is 30.2 Å². The van der Waals surface area contributed by atoms with Crippen molar-refractivity contribution in [1.82, 2.24) is 10.3 Å². The van der Waals surface area contributed by atoms with Crippen molar-refractivity contribution < 1.29 is 5.11 Å². The summed E-state index contributed by atoms with van der Waals surface area (Å²) in [6.45, 7) is 1.24. The average molecular weight is 278 g/mol. The molecular weight excluding hydrogens is 267 g/mol. The predicted octanol–water partition coefficient (Wildman–Crippen LogP) is 1.37. The van der Waals surface area contributed by atoms with Crippen LogP contribution < -0.4 is 5.32 Å². The highest BCUT2D eigenvalue weighted by Crippen LogP contribution is 2.24. The van der Waals surface area contributed by atoms with Gasteiger partial charge in [-0.05, 0) is 27.6 Å². The molecule has 1 aliphatic heterocycles. The number of aliphatic hydroxyl groups is 1. The van der Waals surface area contributed by atoms with Crippen molar-refractivity contribution in [3.63, 3.8) is 0 Å². The second-order valence-corrected chi connectivity index (χ2v) is 4.88. The molecule has 2 heterocycles. The SMILES string of the molecule is OC1(Cc2cc(Br)cnc2Cl)CNC1. The molecule has 1 fully saturated rings. The lowest BCUT2D eigenvalue weighted by Gasteiger charge is -2.37. The maximum atomic E-state index is 9.91. The topological polar surface area (TPSA) is 45.2 Å². The molecule has 3 nitrogen and oxygen atoms in total. The third kappa shape index (κ3) is 2.08. The Balaban J connectivity index is 2.19. The number of hydrogen-bond acceptors (Lipinski definition) is 3. The Labute approximate surface area is 95.6 Å². The smallest absolute Gasteiger partial charge is 0.132 e. The molecule has 0 aliphatic carbocycles. The van der Waals surface area contributed by atoms with Gasteiger partial charge in [0.25, 0.3) is 0 Å². The van der Waals surface area contributed by atoms with E-state index in [1.165, 1.54) is 0 Å².